The molecule has 3 aromatic rings. The summed E-state index contributed by atoms with van der Waals surface area (Å²) < 4.78 is 2.31. The van der Waals surface area contributed by atoms with Gasteiger partial charge in [0.05, 0.1) is 12.7 Å². The van der Waals surface area contributed by atoms with Crippen LogP contribution in [0, 0.1) is 0 Å². The molecule has 1 fully saturated rings. The lowest BCUT2D eigenvalue weighted by atomic mass is 9.93. The van der Waals surface area contributed by atoms with E-state index in [-0.39, 0.29) is 12.7 Å². The van der Waals surface area contributed by atoms with E-state index in [4.69, 9.17) is 10.1 Å². The van der Waals surface area contributed by atoms with Gasteiger partial charge in [-0.05, 0) is 50.2 Å². The summed E-state index contributed by atoms with van der Waals surface area (Å²) >= 11 is 0. The standard InChI is InChI=1S/C26H37N5O2/c1-3-4-18(2)29-26-28-16-23-24(20-7-5-19(6-8-20)15-27-13-14-32)17-31(25(23)30-26)21-9-11-22(33)12-10-21/h5-8,16-18,21-22,27,32-33H,3-4,9-15H2,1-2H3,(H,28,29,30)/t18?,21-,22-. The molecule has 7 nitrogen and oxygen atoms in total. The molecular weight excluding hydrogens is 414 g/mol. The lowest BCUT2D eigenvalue weighted by Crippen LogP contribution is -2.21. The Morgan fingerprint density at radius 3 is 2.61 bits per heavy atom. The number of anilines is 1. The highest BCUT2D eigenvalue weighted by Gasteiger charge is 2.24. The van der Waals surface area contributed by atoms with Crippen molar-refractivity contribution >= 4 is 17.0 Å². The molecule has 1 aliphatic carbocycles. The SMILES string of the molecule is CCCC(C)Nc1ncc2c(-c3ccc(CNCCO)cc3)cn([C@H]3CC[C@H](O)CC3)c2n1. The van der Waals surface area contributed by atoms with Crippen LogP contribution in [0.3, 0.4) is 0 Å². The molecule has 1 aromatic carbocycles. The average molecular weight is 452 g/mol. The van der Waals surface area contributed by atoms with Gasteiger partial charge in [0, 0.05) is 48.5 Å². The second-order valence-corrected chi connectivity index (χ2v) is 9.27. The van der Waals surface area contributed by atoms with E-state index in [2.05, 4.69) is 64.5 Å². The van der Waals surface area contributed by atoms with Crippen molar-refractivity contribution in [2.75, 3.05) is 18.5 Å². The molecule has 1 atom stereocenters. The molecule has 7 heteroatoms. The van der Waals surface area contributed by atoms with Crippen molar-refractivity contribution in [2.24, 2.45) is 0 Å². The van der Waals surface area contributed by atoms with E-state index in [0.29, 0.717) is 24.6 Å². The summed E-state index contributed by atoms with van der Waals surface area (Å²) in [5, 5.41) is 26.7. The van der Waals surface area contributed by atoms with Crippen molar-refractivity contribution < 1.29 is 10.2 Å². The van der Waals surface area contributed by atoms with Gasteiger partial charge in [-0.1, -0.05) is 37.6 Å². The third-order valence-corrected chi connectivity index (χ3v) is 6.61. The molecule has 4 N–H and O–H groups in total. The minimum atomic E-state index is -0.184. The van der Waals surface area contributed by atoms with Crippen molar-refractivity contribution in [1.29, 1.82) is 0 Å². The van der Waals surface area contributed by atoms with Crippen molar-refractivity contribution in [2.45, 2.75) is 77.1 Å². The molecule has 2 heterocycles. The highest BCUT2D eigenvalue weighted by molar-refractivity contribution is 5.94. The van der Waals surface area contributed by atoms with Crippen molar-refractivity contribution in [3.63, 3.8) is 0 Å². The second-order valence-electron chi connectivity index (χ2n) is 9.27. The van der Waals surface area contributed by atoms with E-state index in [1.165, 1.54) is 5.56 Å². The summed E-state index contributed by atoms with van der Waals surface area (Å²) in [6.45, 7) is 5.83. The number of aliphatic hydroxyl groups excluding tert-OH is 2. The maximum absolute atomic E-state index is 10.0. The molecule has 0 amide bonds. The molecule has 0 radical (unpaired) electrons. The van der Waals surface area contributed by atoms with Crippen molar-refractivity contribution in [3.05, 3.63) is 42.2 Å². The van der Waals surface area contributed by atoms with E-state index in [9.17, 15) is 5.11 Å². The Bertz CT molecular complexity index is 1030. The Labute approximate surface area is 196 Å². The lowest BCUT2D eigenvalue weighted by molar-refractivity contribution is 0.111. The van der Waals surface area contributed by atoms with Crippen LogP contribution in [0.25, 0.3) is 22.2 Å². The first-order chi connectivity index (χ1) is 16.1. The monoisotopic (exact) mass is 451 g/mol. The Balaban J connectivity index is 1.67. The number of nitrogens with one attached hydrogen (secondary N) is 2. The number of hydrogen-bond acceptors (Lipinski definition) is 6. The number of aliphatic hydroxyl groups is 2. The van der Waals surface area contributed by atoms with E-state index in [1.807, 2.05) is 6.20 Å². The van der Waals surface area contributed by atoms with Crippen molar-refractivity contribution in [1.82, 2.24) is 19.9 Å². The fraction of sp³-hybridized carbons (Fsp3) is 0.538. The molecule has 0 aliphatic heterocycles. The largest absolute Gasteiger partial charge is 0.395 e. The molecule has 1 unspecified atom stereocenters. The van der Waals surface area contributed by atoms with Crippen LogP contribution in [0.2, 0.25) is 0 Å². The zero-order chi connectivity index (χ0) is 23.2. The van der Waals surface area contributed by atoms with E-state index >= 15 is 0 Å². The van der Waals surface area contributed by atoms with Gasteiger partial charge in [0.25, 0.3) is 0 Å². The van der Waals surface area contributed by atoms with E-state index < -0.39 is 0 Å². The number of hydrogen-bond donors (Lipinski definition) is 4. The van der Waals surface area contributed by atoms with Crippen LogP contribution in [-0.4, -0.2) is 50.0 Å². The first-order valence-electron chi connectivity index (χ1n) is 12.3. The Hall–Kier alpha value is -2.48. The Morgan fingerprint density at radius 2 is 1.91 bits per heavy atom. The van der Waals surface area contributed by atoms with Gasteiger partial charge in [-0.25, -0.2) is 4.98 Å². The summed E-state index contributed by atoms with van der Waals surface area (Å²) in [4.78, 5) is 9.59. The molecular formula is C26H37N5O2. The predicted molar refractivity (Wildman–Crippen MR) is 133 cm³/mol. The van der Waals surface area contributed by atoms with E-state index in [0.717, 1.165) is 67.2 Å². The van der Waals surface area contributed by atoms with Crippen LogP contribution >= 0.6 is 0 Å². The smallest absolute Gasteiger partial charge is 0.224 e. The lowest BCUT2D eigenvalue weighted by Gasteiger charge is -2.27. The third kappa shape index (κ3) is 5.72. The topological polar surface area (TPSA) is 95.2 Å². The summed E-state index contributed by atoms with van der Waals surface area (Å²) in [5.74, 6) is 0.676. The molecule has 178 valence electrons. The first kappa shape index (κ1) is 23.7. The number of rotatable bonds is 10. The molecule has 4 rings (SSSR count). The maximum atomic E-state index is 10.0. The van der Waals surface area contributed by atoms with Gasteiger partial charge < -0.3 is 25.4 Å². The first-order valence-corrected chi connectivity index (χ1v) is 12.3. The van der Waals surface area contributed by atoms with Gasteiger partial charge in [0.2, 0.25) is 5.95 Å². The van der Waals surface area contributed by atoms with Gasteiger partial charge in [-0.15, -0.1) is 0 Å². The van der Waals surface area contributed by atoms with Gasteiger partial charge in [-0.3, -0.25) is 0 Å². The highest BCUT2D eigenvalue weighted by Crippen LogP contribution is 2.36. The zero-order valence-electron chi connectivity index (χ0n) is 19.8. The molecule has 0 bridgehead atoms. The minimum absolute atomic E-state index is 0.143. The fourth-order valence-electron chi connectivity index (χ4n) is 4.78. The number of nitrogens with zero attached hydrogens (tertiary/aromatic N) is 3. The van der Waals surface area contributed by atoms with Crippen LogP contribution in [0.15, 0.2) is 36.7 Å². The van der Waals surface area contributed by atoms with Crippen LogP contribution in [0.4, 0.5) is 5.95 Å². The van der Waals surface area contributed by atoms with E-state index in [1.54, 1.807) is 0 Å². The minimum Gasteiger partial charge on any atom is -0.395 e. The normalized spacial score (nSPS) is 19.6. The molecule has 1 aliphatic rings. The van der Waals surface area contributed by atoms with Gasteiger partial charge >= 0.3 is 0 Å². The molecule has 2 aromatic heterocycles. The zero-order valence-corrected chi connectivity index (χ0v) is 19.8. The number of aromatic nitrogens is 3. The highest BCUT2D eigenvalue weighted by atomic mass is 16.3. The third-order valence-electron chi connectivity index (χ3n) is 6.61. The molecule has 1 saturated carbocycles. The fourth-order valence-corrected chi connectivity index (χ4v) is 4.78. The van der Waals surface area contributed by atoms with Gasteiger partial charge in [0.1, 0.15) is 5.65 Å². The number of benzene rings is 1. The number of fused-ring (bicyclic) bond motifs is 1. The van der Waals surface area contributed by atoms with Crippen molar-refractivity contribution in [3.8, 4) is 11.1 Å². The summed E-state index contributed by atoms with van der Waals surface area (Å²) in [6.07, 6.45) is 9.76. The summed E-state index contributed by atoms with van der Waals surface area (Å²) in [7, 11) is 0. The summed E-state index contributed by atoms with van der Waals surface area (Å²) in [5.41, 5.74) is 4.43. The van der Waals surface area contributed by atoms with Gasteiger partial charge in [-0.2, -0.15) is 4.98 Å². The molecule has 0 spiro atoms. The summed E-state index contributed by atoms with van der Waals surface area (Å²) in [6, 6.07) is 9.21. The average Bonchev–Trinajstić information content (AvgIpc) is 3.19. The second kappa shape index (κ2) is 11.1. The quantitative estimate of drug-likeness (QED) is 0.344. The van der Waals surface area contributed by atoms with Crippen LogP contribution < -0.4 is 10.6 Å². The van der Waals surface area contributed by atoms with Gasteiger partial charge in [0.15, 0.2) is 0 Å². The Kier molecular flexibility index (Phi) is 7.96. The Morgan fingerprint density at radius 1 is 1.15 bits per heavy atom. The molecule has 33 heavy (non-hydrogen) atoms. The van der Waals surface area contributed by atoms with Crippen LogP contribution in [0.1, 0.15) is 64.0 Å². The maximum Gasteiger partial charge on any atom is 0.224 e. The molecule has 0 saturated heterocycles. The van der Waals surface area contributed by atoms with Crippen LogP contribution in [-0.2, 0) is 6.54 Å². The predicted octanol–water partition coefficient (Wildman–Crippen LogP) is 4.26. The van der Waals surface area contributed by atoms with Crippen LogP contribution in [0.5, 0.6) is 0 Å².